The Hall–Kier alpha value is -1.85. The summed E-state index contributed by atoms with van der Waals surface area (Å²) < 4.78 is 1.72. The van der Waals surface area contributed by atoms with Gasteiger partial charge in [-0.2, -0.15) is 5.10 Å². The van der Waals surface area contributed by atoms with Crippen molar-refractivity contribution in [1.29, 1.82) is 0 Å². The Morgan fingerprint density at radius 1 is 1.38 bits per heavy atom. The van der Waals surface area contributed by atoms with Crippen LogP contribution < -0.4 is 5.32 Å². The van der Waals surface area contributed by atoms with Crippen molar-refractivity contribution in [2.24, 2.45) is 30.7 Å². The van der Waals surface area contributed by atoms with Crippen molar-refractivity contribution in [3.8, 4) is 0 Å². The molecule has 2 bridgehead atoms. The molecule has 0 aliphatic heterocycles. The third-order valence-electron chi connectivity index (χ3n) is 5.07. The number of nitrogens with one attached hydrogen (secondary N) is 1. The smallest absolute Gasteiger partial charge is 0.307 e. The van der Waals surface area contributed by atoms with Crippen LogP contribution in [0.1, 0.15) is 30.5 Å². The first-order chi connectivity index (χ1) is 9.97. The lowest BCUT2D eigenvalue weighted by Crippen LogP contribution is -2.41. The largest absolute Gasteiger partial charge is 0.481 e. The van der Waals surface area contributed by atoms with Crippen LogP contribution in [0.2, 0.25) is 0 Å². The number of hydrogen-bond acceptors (Lipinski definition) is 3. The summed E-state index contributed by atoms with van der Waals surface area (Å²) in [6, 6.07) is 0. The lowest BCUT2D eigenvalue weighted by atomic mass is 9.78. The van der Waals surface area contributed by atoms with Gasteiger partial charge in [-0.05, 0) is 38.0 Å². The number of nitrogens with zero attached hydrogens (tertiary/aromatic N) is 2. The molecule has 1 heterocycles. The molecule has 0 aromatic carbocycles. The van der Waals surface area contributed by atoms with Crippen LogP contribution >= 0.6 is 0 Å². The van der Waals surface area contributed by atoms with Gasteiger partial charge >= 0.3 is 5.97 Å². The van der Waals surface area contributed by atoms with E-state index in [2.05, 4.69) is 10.4 Å². The normalized spacial score (nSPS) is 30.6. The summed E-state index contributed by atoms with van der Waals surface area (Å²) in [5.41, 5.74) is 1.86. The molecular formula is C15H21N3O3. The highest BCUT2D eigenvalue weighted by Crippen LogP contribution is 2.52. The molecule has 1 aromatic heterocycles. The Kier molecular flexibility index (Phi) is 3.47. The highest BCUT2D eigenvalue weighted by atomic mass is 16.4. The molecule has 2 saturated carbocycles. The quantitative estimate of drug-likeness (QED) is 0.869. The van der Waals surface area contributed by atoms with Crippen molar-refractivity contribution < 1.29 is 14.7 Å². The maximum atomic E-state index is 12.4. The summed E-state index contributed by atoms with van der Waals surface area (Å²) in [7, 11) is 1.84. The van der Waals surface area contributed by atoms with Crippen molar-refractivity contribution in [3.05, 3.63) is 17.5 Å². The number of aromatic nitrogens is 2. The molecule has 0 saturated heterocycles. The zero-order valence-corrected chi connectivity index (χ0v) is 12.4. The molecule has 6 nitrogen and oxygen atoms in total. The van der Waals surface area contributed by atoms with Crippen LogP contribution in [0.4, 0.5) is 0 Å². The molecule has 2 fully saturated rings. The minimum Gasteiger partial charge on any atom is -0.481 e. The summed E-state index contributed by atoms with van der Waals surface area (Å²) in [6.07, 6.45) is 4.71. The van der Waals surface area contributed by atoms with Gasteiger partial charge in [-0.15, -0.1) is 0 Å². The molecule has 2 N–H and O–H groups in total. The molecule has 21 heavy (non-hydrogen) atoms. The standard InChI is InChI=1S/C15H21N3O3/c1-8-11(7-18(2)17-8)6-16-14(19)12-9-3-4-10(5-9)13(12)15(20)21/h7,9-10,12-13H,3-6H2,1-2H3,(H,16,19)(H,20,21)/t9-,10+,12-,13+/m1/s1. The fourth-order valence-electron chi connectivity index (χ4n) is 4.15. The summed E-state index contributed by atoms with van der Waals surface area (Å²) >= 11 is 0. The van der Waals surface area contributed by atoms with Gasteiger partial charge in [-0.25, -0.2) is 0 Å². The van der Waals surface area contributed by atoms with Crippen LogP contribution in [0.3, 0.4) is 0 Å². The second-order valence-electron chi connectivity index (χ2n) is 6.35. The minimum atomic E-state index is -0.820. The highest BCUT2D eigenvalue weighted by Gasteiger charge is 2.53. The van der Waals surface area contributed by atoms with Gasteiger partial charge in [0, 0.05) is 25.4 Å². The molecule has 0 spiro atoms. The first-order valence-corrected chi connectivity index (χ1v) is 7.47. The van der Waals surface area contributed by atoms with Crippen molar-refractivity contribution in [3.63, 3.8) is 0 Å². The van der Waals surface area contributed by atoms with E-state index in [9.17, 15) is 14.7 Å². The van der Waals surface area contributed by atoms with E-state index >= 15 is 0 Å². The highest BCUT2D eigenvalue weighted by molar-refractivity contribution is 5.86. The SMILES string of the molecule is Cc1nn(C)cc1CNC(=O)[C@@H]1[C@@H]2CC[C@@H](C2)[C@@H]1C(=O)O. The van der Waals surface area contributed by atoms with E-state index < -0.39 is 11.9 Å². The summed E-state index contributed by atoms with van der Waals surface area (Å²) in [5, 5.41) is 16.5. The molecule has 1 amide bonds. The molecule has 2 aliphatic carbocycles. The van der Waals surface area contributed by atoms with Gasteiger partial charge < -0.3 is 10.4 Å². The monoisotopic (exact) mass is 291 g/mol. The van der Waals surface area contributed by atoms with Crippen LogP contribution in [0.15, 0.2) is 6.20 Å². The number of carboxylic acid groups (broad SMARTS) is 1. The van der Waals surface area contributed by atoms with Crippen LogP contribution in [-0.4, -0.2) is 26.8 Å². The Morgan fingerprint density at radius 2 is 2.05 bits per heavy atom. The van der Waals surface area contributed by atoms with Gasteiger partial charge in [-0.1, -0.05) is 0 Å². The third-order valence-corrected chi connectivity index (χ3v) is 5.07. The predicted molar refractivity (Wildman–Crippen MR) is 75.2 cm³/mol. The van der Waals surface area contributed by atoms with Gasteiger partial charge in [0.2, 0.25) is 5.91 Å². The van der Waals surface area contributed by atoms with Crippen LogP contribution in [0.5, 0.6) is 0 Å². The molecule has 2 aliphatic rings. The lowest BCUT2D eigenvalue weighted by Gasteiger charge is -2.27. The number of carbonyl (C=O) groups excluding carboxylic acids is 1. The number of fused-ring (bicyclic) bond motifs is 2. The van der Waals surface area contributed by atoms with Crippen LogP contribution in [0, 0.1) is 30.6 Å². The van der Waals surface area contributed by atoms with E-state index in [1.54, 1.807) is 4.68 Å². The van der Waals surface area contributed by atoms with E-state index in [1.165, 1.54) is 0 Å². The number of carboxylic acids is 1. The minimum absolute atomic E-state index is 0.113. The van der Waals surface area contributed by atoms with E-state index in [0.717, 1.165) is 30.5 Å². The average molecular weight is 291 g/mol. The number of aliphatic carboxylic acids is 1. The fourth-order valence-corrected chi connectivity index (χ4v) is 4.15. The topological polar surface area (TPSA) is 84.2 Å². The summed E-state index contributed by atoms with van der Waals surface area (Å²) in [5.74, 6) is -1.37. The van der Waals surface area contributed by atoms with Gasteiger partial charge in [0.05, 0.1) is 17.5 Å². The molecular weight excluding hydrogens is 270 g/mol. The zero-order chi connectivity index (χ0) is 15.1. The maximum Gasteiger partial charge on any atom is 0.307 e. The number of rotatable bonds is 4. The van der Waals surface area contributed by atoms with Gasteiger partial charge in [-0.3, -0.25) is 14.3 Å². The molecule has 6 heteroatoms. The first kappa shape index (κ1) is 14.1. The van der Waals surface area contributed by atoms with Crippen LogP contribution in [0.25, 0.3) is 0 Å². The third kappa shape index (κ3) is 2.43. The number of hydrogen-bond donors (Lipinski definition) is 2. The number of carbonyl (C=O) groups is 2. The second-order valence-corrected chi connectivity index (χ2v) is 6.35. The molecule has 3 rings (SSSR count). The average Bonchev–Trinajstić information content (AvgIpc) is 3.09. The molecule has 4 atom stereocenters. The number of amides is 1. The molecule has 114 valence electrons. The zero-order valence-electron chi connectivity index (χ0n) is 12.4. The molecule has 0 unspecified atom stereocenters. The summed E-state index contributed by atoms with van der Waals surface area (Å²) in [4.78, 5) is 23.9. The van der Waals surface area contributed by atoms with Crippen molar-refractivity contribution in [2.75, 3.05) is 0 Å². The van der Waals surface area contributed by atoms with E-state index in [0.29, 0.717) is 6.54 Å². The predicted octanol–water partition coefficient (Wildman–Crippen LogP) is 1.09. The van der Waals surface area contributed by atoms with Gasteiger partial charge in [0.15, 0.2) is 0 Å². The van der Waals surface area contributed by atoms with E-state index in [4.69, 9.17) is 0 Å². The second kappa shape index (κ2) is 5.16. The lowest BCUT2D eigenvalue weighted by molar-refractivity contribution is -0.149. The van der Waals surface area contributed by atoms with Gasteiger partial charge in [0.1, 0.15) is 0 Å². The van der Waals surface area contributed by atoms with Crippen molar-refractivity contribution in [1.82, 2.24) is 15.1 Å². The maximum absolute atomic E-state index is 12.4. The Morgan fingerprint density at radius 3 is 2.62 bits per heavy atom. The van der Waals surface area contributed by atoms with Crippen molar-refractivity contribution >= 4 is 11.9 Å². The molecule has 1 aromatic rings. The Bertz CT molecular complexity index is 581. The van der Waals surface area contributed by atoms with Crippen LogP contribution in [-0.2, 0) is 23.2 Å². The summed E-state index contributed by atoms with van der Waals surface area (Å²) in [6.45, 7) is 2.32. The Labute approximate surface area is 123 Å². The van der Waals surface area contributed by atoms with E-state index in [-0.39, 0.29) is 23.7 Å². The first-order valence-electron chi connectivity index (χ1n) is 7.47. The van der Waals surface area contributed by atoms with Crippen molar-refractivity contribution in [2.45, 2.75) is 32.7 Å². The Balaban J connectivity index is 1.67. The number of aryl methyl sites for hydroxylation is 2. The van der Waals surface area contributed by atoms with E-state index in [1.807, 2.05) is 20.2 Å². The molecule has 0 radical (unpaired) electrons. The van der Waals surface area contributed by atoms with Gasteiger partial charge in [0.25, 0.3) is 0 Å². The fraction of sp³-hybridized carbons (Fsp3) is 0.667.